The van der Waals surface area contributed by atoms with Gasteiger partial charge < -0.3 is 5.32 Å². The third-order valence-electron chi connectivity index (χ3n) is 3.43. The van der Waals surface area contributed by atoms with Crippen LogP contribution in [0, 0.1) is 10.1 Å². The van der Waals surface area contributed by atoms with Crippen LogP contribution in [0.5, 0.6) is 0 Å². The number of nitro groups is 1. The quantitative estimate of drug-likeness (QED) is 0.618. The van der Waals surface area contributed by atoms with E-state index in [1.807, 2.05) is 24.3 Å². The Kier molecular flexibility index (Phi) is 4.96. The van der Waals surface area contributed by atoms with E-state index in [9.17, 15) is 14.9 Å². The fourth-order valence-electron chi connectivity index (χ4n) is 2.29. The smallest absolute Gasteiger partial charge is 0.272 e. The maximum Gasteiger partial charge on any atom is 0.272 e. The van der Waals surface area contributed by atoms with Crippen molar-refractivity contribution in [3.63, 3.8) is 0 Å². The molecule has 1 fully saturated rings. The molecule has 1 heterocycles. The number of amides is 1. The van der Waals surface area contributed by atoms with Gasteiger partial charge in [0.05, 0.1) is 15.9 Å². The Morgan fingerprint density at radius 2 is 1.92 bits per heavy atom. The van der Waals surface area contributed by atoms with Crippen molar-refractivity contribution >= 4 is 50.1 Å². The number of aliphatic imine (C=N–C) groups is 1. The number of carbonyl (C=O) groups is 1. The van der Waals surface area contributed by atoms with Gasteiger partial charge in [0.1, 0.15) is 0 Å². The van der Waals surface area contributed by atoms with Crippen molar-refractivity contribution in [2.75, 3.05) is 0 Å². The second-order valence-electron chi connectivity index (χ2n) is 5.08. The minimum atomic E-state index is -0.430. The van der Waals surface area contributed by atoms with E-state index in [0.717, 1.165) is 10.2 Å². The van der Waals surface area contributed by atoms with Crippen molar-refractivity contribution in [3.8, 4) is 0 Å². The van der Waals surface area contributed by atoms with E-state index < -0.39 is 10.2 Å². The van der Waals surface area contributed by atoms with Gasteiger partial charge in [0.25, 0.3) is 5.69 Å². The molecule has 1 atom stereocenters. The molecule has 0 saturated carbocycles. The molecule has 0 radical (unpaired) electrons. The molecule has 1 aliphatic heterocycles. The predicted molar refractivity (Wildman–Crippen MR) is 97.6 cm³/mol. The number of rotatable bonds is 4. The number of thioether (sulfide) groups is 1. The molecule has 2 aromatic carbocycles. The van der Waals surface area contributed by atoms with Gasteiger partial charge in [-0.15, -0.1) is 0 Å². The fourth-order valence-corrected chi connectivity index (χ4v) is 3.57. The van der Waals surface area contributed by atoms with Crippen LogP contribution < -0.4 is 5.32 Å². The second-order valence-corrected chi connectivity index (χ2v) is 7.19. The lowest BCUT2D eigenvalue weighted by Gasteiger charge is -2.05. The monoisotopic (exact) mass is 405 g/mol. The summed E-state index contributed by atoms with van der Waals surface area (Å²) in [4.78, 5) is 27.2. The first-order chi connectivity index (χ1) is 11.5. The van der Waals surface area contributed by atoms with Crippen LogP contribution in [0.4, 0.5) is 11.4 Å². The van der Waals surface area contributed by atoms with Crippen molar-refractivity contribution in [1.29, 1.82) is 0 Å². The summed E-state index contributed by atoms with van der Waals surface area (Å²) < 4.78 is 0.948. The Morgan fingerprint density at radius 1 is 1.21 bits per heavy atom. The van der Waals surface area contributed by atoms with Crippen LogP contribution in [0.25, 0.3) is 0 Å². The van der Waals surface area contributed by atoms with Crippen LogP contribution in [0.1, 0.15) is 5.56 Å². The van der Waals surface area contributed by atoms with Gasteiger partial charge in [-0.25, -0.2) is 4.99 Å². The van der Waals surface area contributed by atoms with Gasteiger partial charge in [0.2, 0.25) is 5.91 Å². The second kappa shape index (κ2) is 7.14. The van der Waals surface area contributed by atoms with E-state index in [1.54, 1.807) is 18.2 Å². The maximum atomic E-state index is 12.1. The van der Waals surface area contributed by atoms with E-state index in [2.05, 4.69) is 26.2 Å². The highest BCUT2D eigenvalue weighted by Crippen LogP contribution is 2.29. The Labute approximate surface area is 150 Å². The number of benzene rings is 2. The molecule has 122 valence electrons. The molecule has 0 aliphatic carbocycles. The lowest BCUT2D eigenvalue weighted by atomic mass is 10.1. The number of para-hydroxylation sites is 1. The van der Waals surface area contributed by atoms with Gasteiger partial charge in [-0.1, -0.05) is 45.9 Å². The summed E-state index contributed by atoms with van der Waals surface area (Å²) >= 11 is 4.64. The molecular weight excluding hydrogens is 394 g/mol. The van der Waals surface area contributed by atoms with E-state index in [0.29, 0.717) is 10.7 Å². The number of nitro benzene ring substituents is 1. The number of nitrogens with one attached hydrogen (secondary N) is 1. The van der Waals surface area contributed by atoms with Gasteiger partial charge in [-0.3, -0.25) is 14.9 Å². The minimum Gasteiger partial charge on any atom is -0.304 e. The Bertz CT molecular complexity index is 824. The number of hydrogen-bond donors (Lipinski definition) is 1. The Hall–Kier alpha value is -2.19. The zero-order valence-corrected chi connectivity index (χ0v) is 14.7. The average molecular weight is 406 g/mol. The molecule has 1 saturated heterocycles. The number of amidine groups is 1. The highest BCUT2D eigenvalue weighted by atomic mass is 79.9. The molecule has 8 heteroatoms. The number of carbonyl (C=O) groups excluding carboxylic acids is 1. The van der Waals surface area contributed by atoms with Crippen LogP contribution in [0.3, 0.4) is 0 Å². The van der Waals surface area contributed by atoms with Gasteiger partial charge in [-0.2, -0.15) is 0 Å². The van der Waals surface area contributed by atoms with E-state index in [-0.39, 0.29) is 18.0 Å². The summed E-state index contributed by atoms with van der Waals surface area (Å²) in [5.41, 5.74) is 1.30. The van der Waals surface area contributed by atoms with Crippen molar-refractivity contribution in [3.05, 3.63) is 68.7 Å². The zero-order valence-electron chi connectivity index (χ0n) is 12.3. The topological polar surface area (TPSA) is 84.6 Å². The average Bonchev–Trinajstić information content (AvgIpc) is 2.89. The standard InChI is InChI=1S/C16H12BrN3O3S/c17-11-5-7-12(8-6-11)18-16-19-15(21)14(24-16)9-10-3-1-2-4-13(10)20(22)23/h1-8,14H,9H2,(H,18,19,21)/t14-/m1/s1. The lowest BCUT2D eigenvalue weighted by Crippen LogP contribution is -2.26. The van der Waals surface area contributed by atoms with Crippen LogP contribution in [-0.4, -0.2) is 21.2 Å². The first kappa shape index (κ1) is 16.7. The molecule has 3 rings (SSSR count). The zero-order chi connectivity index (χ0) is 17.1. The summed E-state index contributed by atoms with van der Waals surface area (Å²) in [6.07, 6.45) is 0.285. The Morgan fingerprint density at radius 3 is 2.62 bits per heavy atom. The molecule has 1 aliphatic rings. The largest absolute Gasteiger partial charge is 0.304 e. The van der Waals surface area contributed by atoms with E-state index in [4.69, 9.17) is 0 Å². The molecule has 0 spiro atoms. The summed E-state index contributed by atoms with van der Waals surface area (Å²) in [7, 11) is 0. The molecule has 6 nitrogen and oxygen atoms in total. The molecule has 24 heavy (non-hydrogen) atoms. The first-order valence-electron chi connectivity index (χ1n) is 7.07. The van der Waals surface area contributed by atoms with Crippen molar-refractivity contribution < 1.29 is 9.72 Å². The van der Waals surface area contributed by atoms with Crippen LogP contribution in [0.2, 0.25) is 0 Å². The number of halogens is 1. The highest BCUT2D eigenvalue weighted by molar-refractivity contribution is 9.10. The summed E-state index contributed by atoms with van der Waals surface area (Å²) in [5, 5.41) is 13.9. The van der Waals surface area contributed by atoms with E-state index >= 15 is 0 Å². The Balaban J connectivity index is 1.76. The molecule has 1 amide bonds. The third kappa shape index (κ3) is 3.82. The summed E-state index contributed by atoms with van der Waals surface area (Å²) in [6, 6.07) is 13.9. The maximum absolute atomic E-state index is 12.1. The molecule has 1 N–H and O–H groups in total. The van der Waals surface area contributed by atoms with Crippen molar-refractivity contribution in [2.24, 2.45) is 4.99 Å². The number of hydrogen-bond acceptors (Lipinski definition) is 5. The summed E-state index contributed by atoms with van der Waals surface area (Å²) in [5.74, 6) is -0.186. The SMILES string of the molecule is O=C1NC(=Nc2ccc(Br)cc2)S[C@@H]1Cc1ccccc1[N+](=O)[O-]. The molecule has 0 bridgehead atoms. The molecular formula is C16H12BrN3O3S. The van der Waals surface area contributed by atoms with Crippen molar-refractivity contribution in [1.82, 2.24) is 5.32 Å². The highest BCUT2D eigenvalue weighted by Gasteiger charge is 2.32. The van der Waals surface area contributed by atoms with Crippen molar-refractivity contribution in [2.45, 2.75) is 11.7 Å². The minimum absolute atomic E-state index is 0.0317. The van der Waals surface area contributed by atoms with Crippen LogP contribution in [-0.2, 0) is 11.2 Å². The van der Waals surface area contributed by atoms with Gasteiger partial charge >= 0.3 is 0 Å². The number of nitrogens with zero attached hydrogens (tertiary/aromatic N) is 2. The van der Waals surface area contributed by atoms with Crippen LogP contribution >= 0.6 is 27.7 Å². The predicted octanol–water partition coefficient (Wildman–Crippen LogP) is 3.82. The van der Waals surface area contributed by atoms with Gasteiger partial charge in [0.15, 0.2) is 5.17 Å². The van der Waals surface area contributed by atoms with Gasteiger partial charge in [0, 0.05) is 22.5 Å². The molecule has 0 unspecified atom stereocenters. The van der Waals surface area contributed by atoms with Crippen LogP contribution in [0.15, 0.2) is 58.0 Å². The summed E-state index contributed by atoms with van der Waals surface area (Å²) in [6.45, 7) is 0. The van der Waals surface area contributed by atoms with Gasteiger partial charge in [-0.05, 0) is 24.3 Å². The third-order valence-corrected chi connectivity index (χ3v) is 5.04. The first-order valence-corrected chi connectivity index (χ1v) is 8.74. The van der Waals surface area contributed by atoms with E-state index in [1.165, 1.54) is 17.8 Å². The normalized spacial score (nSPS) is 18.6. The molecule has 2 aromatic rings. The molecule has 0 aromatic heterocycles. The fraction of sp³-hybridized carbons (Fsp3) is 0.125. The lowest BCUT2D eigenvalue weighted by molar-refractivity contribution is -0.385.